The molecule has 1 N–H and O–H groups in total. The van der Waals surface area contributed by atoms with Crippen LogP contribution in [0.15, 0.2) is 18.2 Å². The number of rotatable bonds is 3. The highest BCUT2D eigenvalue weighted by atomic mass is 19.1. The Hall–Kier alpha value is -1.05. The van der Waals surface area contributed by atoms with Gasteiger partial charge in [-0.1, -0.05) is 0 Å². The van der Waals surface area contributed by atoms with E-state index in [4.69, 9.17) is 0 Å². The van der Waals surface area contributed by atoms with Gasteiger partial charge in [0.1, 0.15) is 5.82 Å². The number of nitrogens with one attached hydrogen (secondary N) is 1. The van der Waals surface area contributed by atoms with E-state index in [1.165, 1.54) is 12.8 Å². The summed E-state index contributed by atoms with van der Waals surface area (Å²) in [4.78, 5) is 0. The number of aryl methyl sites for hydroxylation is 1. The summed E-state index contributed by atoms with van der Waals surface area (Å²) >= 11 is 0. The van der Waals surface area contributed by atoms with E-state index in [-0.39, 0.29) is 5.82 Å². The van der Waals surface area contributed by atoms with E-state index in [1.54, 1.807) is 12.1 Å². The van der Waals surface area contributed by atoms with Crippen molar-refractivity contribution in [3.63, 3.8) is 0 Å². The minimum absolute atomic E-state index is 0.154. The van der Waals surface area contributed by atoms with Crippen molar-refractivity contribution < 1.29 is 4.39 Å². The molecule has 1 aliphatic rings. The fourth-order valence-corrected chi connectivity index (χ4v) is 1.42. The molecular formula is C11H14FN. The molecular weight excluding hydrogens is 165 g/mol. The Balaban J connectivity index is 2.01. The molecule has 2 rings (SSSR count). The van der Waals surface area contributed by atoms with E-state index in [0.29, 0.717) is 0 Å². The van der Waals surface area contributed by atoms with E-state index in [2.05, 4.69) is 5.32 Å². The van der Waals surface area contributed by atoms with Crippen LogP contribution in [-0.2, 0) is 0 Å². The van der Waals surface area contributed by atoms with Gasteiger partial charge in [-0.3, -0.25) is 0 Å². The molecule has 0 unspecified atom stereocenters. The number of hydrogen-bond donors (Lipinski definition) is 1. The lowest BCUT2D eigenvalue weighted by Crippen LogP contribution is -2.03. The predicted octanol–water partition coefficient (Wildman–Crippen LogP) is 2.96. The van der Waals surface area contributed by atoms with Crippen LogP contribution in [-0.4, -0.2) is 6.54 Å². The zero-order valence-electron chi connectivity index (χ0n) is 7.81. The Bertz CT molecular complexity index is 285. The fraction of sp³-hybridized carbons (Fsp3) is 0.455. The summed E-state index contributed by atoms with van der Waals surface area (Å²) in [5.74, 6) is 0.668. The molecule has 0 aliphatic heterocycles. The van der Waals surface area contributed by atoms with Crippen LogP contribution in [0.2, 0.25) is 0 Å². The van der Waals surface area contributed by atoms with Gasteiger partial charge >= 0.3 is 0 Å². The monoisotopic (exact) mass is 179 g/mol. The number of halogens is 1. The van der Waals surface area contributed by atoms with Gasteiger partial charge in [0.2, 0.25) is 0 Å². The second-order valence-corrected chi connectivity index (χ2v) is 3.84. The average molecular weight is 179 g/mol. The first-order chi connectivity index (χ1) is 6.24. The number of hydrogen-bond acceptors (Lipinski definition) is 1. The lowest BCUT2D eigenvalue weighted by molar-refractivity contribution is 0.627. The van der Waals surface area contributed by atoms with Gasteiger partial charge in [-0.25, -0.2) is 4.39 Å². The minimum Gasteiger partial charge on any atom is -0.385 e. The molecule has 1 aromatic carbocycles. The first-order valence-electron chi connectivity index (χ1n) is 4.75. The molecule has 0 amide bonds. The first-order valence-corrected chi connectivity index (χ1v) is 4.75. The maximum atomic E-state index is 12.9. The van der Waals surface area contributed by atoms with Crippen molar-refractivity contribution in [1.82, 2.24) is 0 Å². The Labute approximate surface area is 78.0 Å². The molecule has 0 aromatic heterocycles. The van der Waals surface area contributed by atoms with Gasteiger partial charge in [-0.2, -0.15) is 0 Å². The fourth-order valence-electron chi connectivity index (χ4n) is 1.42. The summed E-state index contributed by atoms with van der Waals surface area (Å²) in [5.41, 5.74) is 1.88. The summed E-state index contributed by atoms with van der Waals surface area (Å²) in [5, 5.41) is 3.25. The van der Waals surface area contributed by atoms with Gasteiger partial charge in [0.25, 0.3) is 0 Å². The van der Waals surface area contributed by atoms with Crippen molar-refractivity contribution >= 4 is 5.69 Å². The van der Waals surface area contributed by atoms with Crippen LogP contribution < -0.4 is 5.32 Å². The number of anilines is 1. The zero-order chi connectivity index (χ0) is 9.26. The van der Waals surface area contributed by atoms with Crippen LogP contribution in [0.5, 0.6) is 0 Å². The van der Waals surface area contributed by atoms with Crippen molar-refractivity contribution in [3.05, 3.63) is 29.6 Å². The maximum absolute atomic E-state index is 12.9. The van der Waals surface area contributed by atoms with Crippen LogP contribution in [0.25, 0.3) is 0 Å². The molecule has 0 radical (unpaired) electrons. The number of benzene rings is 1. The smallest absolute Gasteiger partial charge is 0.125 e. The Kier molecular flexibility index (Phi) is 2.21. The van der Waals surface area contributed by atoms with E-state index in [0.717, 1.165) is 23.7 Å². The predicted molar refractivity (Wildman–Crippen MR) is 52.4 cm³/mol. The zero-order valence-corrected chi connectivity index (χ0v) is 7.81. The van der Waals surface area contributed by atoms with E-state index in [9.17, 15) is 4.39 Å². The molecule has 1 aromatic rings. The lowest BCUT2D eigenvalue weighted by atomic mass is 10.2. The van der Waals surface area contributed by atoms with Gasteiger partial charge in [0.05, 0.1) is 0 Å². The van der Waals surface area contributed by atoms with Gasteiger partial charge in [-0.15, -0.1) is 0 Å². The first kappa shape index (κ1) is 8.54. The van der Waals surface area contributed by atoms with Crippen LogP contribution >= 0.6 is 0 Å². The molecule has 1 nitrogen and oxygen atoms in total. The molecule has 13 heavy (non-hydrogen) atoms. The second kappa shape index (κ2) is 3.36. The quantitative estimate of drug-likeness (QED) is 0.752. The van der Waals surface area contributed by atoms with Gasteiger partial charge in [0.15, 0.2) is 0 Å². The Morgan fingerprint density at radius 3 is 2.77 bits per heavy atom. The highest BCUT2D eigenvalue weighted by Gasteiger charge is 2.20. The molecule has 1 aliphatic carbocycles. The van der Waals surface area contributed by atoms with Crippen molar-refractivity contribution in [1.29, 1.82) is 0 Å². The second-order valence-electron chi connectivity index (χ2n) is 3.84. The topological polar surface area (TPSA) is 12.0 Å². The summed E-state index contributed by atoms with van der Waals surface area (Å²) in [6.45, 7) is 2.90. The standard InChI is InChI=1S/C11H14FN/c1-8-4-10(12)6-11(5-8)13-7-9-2-3-9/h4-6,9,13H,2-3,7H2,1H3. The molecule has 0 atom stereocenters. The minimum atomic E-state index is -0.154. The largest absolute Gasteiger partial charge is 0.385 e. The van der Waals surface area contributed by atoms with E-state index < -0.39 is 0 Å². The highest BCUT2D eigenvalue weighted by Crippen LogP contribution is 2.29. The van der Waals surface area contributed by atoms with Crippen LogP contribution in [0, 0.1) is 18.7 Å². The van der Waals surface area contributed by atoms with Crippen molar-refractivity contribution in [2.24, 2.45) is 5.92 Å². The van der Waals surface area contributed by atoms with Gasteiger partial charge < -0.3 is 5.32 Å². The summed E-state index contributed by atoms with van der Waals surface area (Å²) in [6, 6.07) is 5.07. The normalized spacial score (nSPS) is 15.8. The molecule has 0 spiro atoms. The Morgan fingerprint density at radius 1 is 1.38 bits per heavy atom. The molecule has 2 heteroatoms. The highest BCUT2D eigenvalue weighted by molar-refractivity contribution is 5.46. The van der Waals surface area contributed by atoms with Crippen LogP contribution in [0.3, 0.4) is 0 Å². The Morgan fingerprint density at radius 2 is 2.15 bits per heavy atom. The molecule has 70 valence electrons. The SMILES string of the molecule is Cc1cc(F)cc(NCC2CC2)c1. The third kappa shape index (κ3) is 2.44. The van der Waals surface area contributed by atoms with Crippen molar-refractivity contribution in [2.75, 3.05) is 11.9 Å². The molecule has 0 saturated heterocycles. The molecule has 1 saturated carbocycles. The lowest BCUT2D eigenvalue weighted by Gasteiger charge is -2.06. The molecule has 0 heterocycles. The van der Waals surface area contributed by atoms with Crippen molar-refractivity contribution in [3.8, 4) is 0 Å². The third-order valence-corrected chi connectivity index (χ3v) is 2.33. The average Bonchev–Trinajstić information content (AvgIpc) is 2.81. The van der Waals surface area contributed by atoms with Gasteiger partial charge in [0, 0.05) is 12.2 Å². The third-order valence-electron chi connectivity index (χ3n) is 2.33. The summed E-state index contributed by atoms with van der Waals surface area (Å²) < 4.78 is 12.9. The van der Waals surface area contributed by atoms with E-state index in [1.807, 2.05) is 13.0 Å². The molecule has 0 bridgehead atoms. The van der Waals surface area contributed by atoms with Crippen LogP contribution in [0.4, 0.5) is 10.1 Å². The molecule has 1 fully saturated rings. The van der Waals surface area contributed by atoms with Crippen molar-refractivity contribution in [2.45, 2.75) is 19.8 Å². The van der Waals surface area contributed by atoms with E-state index >= 15 is 0 Å². The van der Waals surface area contributed by atoms with Crippen LogP contribution in [0.1, 0.15) is 18.4 Å². The van der Waals surface area contributed by atoms with Gasteiger partial charge in [-0.05, 0) is 49.4 Å². The summed E-state index contributed by atoms with van der Waals surface area (Å²) in [7, 11) is 0. The summed E-state index contributed by atoms with van der Waals surface area (Å²) in [6.07, 6.45) is 2.64. The maximum Gasteiger partial charge on any atom is 0.125 e.